The lowest BCUT2D eigenvalue weighted by molar-refractivity contribution is -0.137. The number of rotatable bonds is 1. The number of hydrogen-bond acceptors (Lipinski definition) is 3. The first kappa shape index (κ1) is 12.6. The van der Waals surface area contributed by atoms with E-state index in [1.807, 2.05) is 6.92 Å². The summed E-state index contributed by atoms with van der Waals surface area (Å²) in [6, 6.07) is 7.06. The number of benzene rings is 1. The first-order valence-corrected chi connectivity index (χ1v) is 6.09. The standard InChI is InChI=1S/C13H16ClNO2/c1-8-6-11(16)12(17)13(15,7-8)9-4-2-3-5-10(9)14/h2-5,8,11,16H,6-7,15H2,1H3/t8-,11+,13+/m0/s1. The third-order valence-electron chi connectivity index (χ3n) is 3.39. The number of Topliss-reactive ketones (excluding diaryl/α,β-unsaturated/α-hetero) is 1. The molecule has 0 heterocycles. The molecule has 4 heteroatoms. The molecule has 1 aliphatic rings. The Bertz CT molecular complexity index is 449. The van der Waals surface area contributed by atoms with Crippen LogP contribution in [0.1, 0.15) is 25.3 Å². The molecule has 0 aromatic heterocycles. The van der Waals surface area contributed by atoms with Crippen LogP contribution in [0.3, 0.4) is 0 Å². The fourth-order valence-corrected chi connectivity index (χ4v) is 2.89. The van der Waals surface area contributed by atoms with Crippen molar-refractivity contribution in [1.82, 2.24) is 0 Å². The van der Waals surface area contributed by atoms with E-state index in [1.54, 1.807) is 24.3 Å². The van der Waals surface area contributed by atoms with Crippen LogP contribution in [0.25, 0.3) is 0 Å². The van der Waals surface area contributed by atoms with Crippen molar-refractivity contribution in [3.8, 4) is 0 Å². The van der Waals surface area contributed by atoms with Crippen molar-refractivity contribution in [2.75, 3.05) is 0 Å². The summed E-state index contributed by atoms with van der Waals surface area (Å²) in [4.78, 5) is 12.1. The maximum absolute atomic E-state index is 12.1. The molecular weight excluding hydrogens is 238 g/mol. The van der Waals surface area contributed by atoms with E-state index in [2.05, 4.69) is 0 Å². The van der Waals surface area contributed by atoms with Crippen molar-refractivity contribution < 1.29 is 9.90 Å². The fourth-order valence-electron chi connectivity index (χ4n) is 2.58. The molecule has 0 radical (unpaired) electrons. The van der Waals surface area contributed by atoms with Gasteiger partial charge >= 0.3 is 0 Å². The van der Waals surface area contributed by atoms with E-state index >= 15 is 0 Å². The van der Waals surface area contributed by atoms with Gasteiger partial charge in [-0.15, -0.1) is 0 Å². The summed E-state index contributed by atoms with van der Waals surface area (Å²) >= 11 is 6.09. The zero-order valence-corrected chi connectivity index (χ0v) is 10.4. The van der Waals surface area contributed by atoms with Gasteiger partial charge in [0.15, 0.2) is 5.78 Å². The molecule has 1 saturated carbocycles. The van der Waals surface area contributed by atoms with Gasteiger partial charge in [-0.05, 0) is 30.4 Å². The van der Waals surface area contributed by atoms with Crippen molar-refractivity contribution in [2.24, 2.45) is 11.7 Å². The third-order valence-corrected chi connectivity index (χ3v) is 3.72. The predicted molar refractivity (Wildman–Crippen MR) is 66.7 cm³/mol. The summed E-state index contributed by atoms with van der Waals surface area (Å²) in [5, 5.41) is 10.2. The van der Waals surface area contributed by atoms with Crippen molar-refractivity contribution in [3.05, 3.63) is 34.9 Å². The number of carbonyl (C=O) groups excluding carboxylic acids is 1. The van der Waals surface area contributed by atoms with Crippen LogP contribution < -0.4 is 5.73 Å². The maximum Gasteiger partial charge on any atom is 0.185 e. The average Bonchev–Trinajstić information content (AvgIpc) is 2.26. The highest BCUT2D eigenvalue weighted by atomic mass is 35.5. The molecule has 17 heavy (non-hydrogen) atoms. The maximum atomic E-state index is 12.1. The number of ketones is 1. The molecule has 0 saturated heterocycles. The lowest BCUT2D eigenvalue weighted by Crippen LogP contribution is -2.54. The molecule has 92 valence electrons. The van der Waals surface area contributed by atoms with E-state index in [0.29, 0.717) is 23.4 Å². The monoisotopic (exact) mass is 253 g/mol. The van der Waals surface area contributed by atoms with Gasteiger partial charge in [-0.3, -0.25) is 4.79 Å². The summed E-state index contributed by atoms with van der Waals surface area (Å²) in [7, 11) is 0. The van der Waals surface area contributed by atoms with E-state index in [1.165, 1.54) is 0 Å². The molecule has 3 N–H and O–H groups in total. The van der Waals surface area contributed by atoms with Crippen molar-refractivity contribution in [1.29, 1.82) is 0 Å². The smallest absolute Gasteiger partial charge is 0.185 e. The van der Waals surface area contributed by atoms with Crippen LogP contribution >= 0.6 is 11.6 Å². The Morgan fingerprint density at radius 3 is 2.76 bits per heavy atom. The summed E-state index contributed by atoms with van der Waals surface area (Å²) < 4.78 is 0. The van der Waals surface area contributed by atoms with Crippen LogP contribution in [0.4, 0.5) is 0 Å². The van der Waals surface area contributed by atoms with Crippen LogP contribution in [-0.4, -0.2) is 17.0 Å². The molecule has 3 atom stereocenters. The molecular formula is C13H16ClNO2. The van der Waals surface area contributed by atoms with E-state index in [-0.39, 0.29) is 11.7 Å². The molecule has 0 unspecified atom stereocenters. The summed E-state index contributed by atoms with van der Waals surface area (Å²) in [6.45, 7) is 1.98. The highest BCUT2D eigenvalue weighted by Crippen LogP contribution is 2.38. The van der Waals surface area contributed by atoms with Crippen LogP contribution in [0, 0.1) is 5.92 Å². The number of aliphatic hydroxyl groups excluding tert-OH is 1. The predicted octanol–water partition coefficient (Wildman–Crippen LogP) is 1.85. The van der Waals surface area contributed by atoms with Crippen LogP contribution in [0.2, 0.25) is 5.02 Å². The molecule has 0 aliphatic heterocycles. The number of nitrogens with two attached hydrogens (primary N) is 1. The van der Waals surface area contributed by atoms with Gasteiger partial charge < -0.3 is 10.8 Å². The lowest BCUT2D eigenvalue weighted by Gasteiger charge is -2.38. The normalized spacial score (nSPS) is 33.8. The molecule has 2 rings (SSSR count). The molecule has 1 fully saturated rings. The van der Waals surface area contributed by atoms with Gasteiger partial charge in [0.25, 0.3) is 0 Å². The minimum Gasteiger partial charge on any atom is -0.385 e. The van der Waals surface area contributed by atoms with Crippen LogP contribution in [0.15, 0.2) is 24.3 Å². The minimum absolute atomic E-state index is 0.198. The second-order valence-corrected chi connectivity index (χ2v) is 5.28. The molecule has 0 spiro atoms. The SMILES string of the molecule is C[C@H]1C[C@@H](O)C(=O)[C@](N)(c2ccccc2Cl)C1. The van der Waals surface area contributed by atoms with Gasteiger partial charge in [-0.2, -0.15) is 0 Å². The Hall–Kier alpha value is -0.900. The fraction of sp³-hybridized carbons (Fsp3) is 0.462. The van der Waals surface area contributed by atoms with Gasteiger partial charge in [0.05, 0.1) is 0 Å². The highest BCUT2D eigenvalue weighted by molar-refractivity contribution is 6.31. The Balaban J connectivity index is 2.47. The quantitative estimate of drug-likeness (QED) is 0.803. The Labute approximate surface area is 106 Å². The minimum atomic E-state index is -1.16. The second-order valence-electron chi connectivity index (χ2n) is 4.88. The zero-order valence-electron chi connectivity index (χ0n) is 9.69. The highest BCUT2D eigenvalue weighted by Gasteiger charge is 2.45. The van der Waals surface area contributed by atoms with E-state index in [4.69, 9.17) is 17.3 Å². The Morgan fingerprint density at radius 2 is 2.12 bits per heavy atom. The van der Waals surface area contributed by atoms with Gasteiger partial charge in [0.2, 0.25) is 0 Å². The van der Waals surface area contributed by atoms with Crippen molar-refractivity contribution >= 4 is 17.4 Å². The van der Waals surface area contributed by atoms with Crippen molar-refractivity contribution in [3.63, 3.8) is 0 Å². The van der Waals surface area contributed by atoms with Crippen LogP contribution in [0.5, 0.6) is 0 Å². The largest absolute Gasteiger partial charge is 0.385 e. The summed E-state index contributed by atoms with van der Waals surface area (Å²) in [6.07, 6.45) is 0.00881. The Kier molecular flexibility index (Phi) is 3.25. The number of halogens is 1. The molecule has 1 aliphatic carbocycles. The molecule has 0 bridgehead atoms. The zero-order chi connectivity index (χ0) is 12.6. The van der Waals surface area contributed by atoms with Gasteiger partial charge in [0.1, 0.15) is 11.6 Å². The molecule has 1 aromatic carbocycles. The molecule has 0 amide bonds. The van der Waals surface area contributed by atoms with Crippen LogP contribution in [-0.2, 0) is 10.3 Å². The second kappa shape index (κ2) is 4.41. The number of carbonyl (C=O) groups is 1. The van der Waals surface area contributed by atoms with E-state index < -0.39 is 11.6 Å². The lowest BCUT2D eigenvalue weighted by atomic mass is 9.71. The van der Waals surface area contributed by atoms with E-state index in [9.17, 15) is 9.90 Å². The first-order valence-electron chi connectivity index (χ1n) is 5.71. The van der Waals surface area contributed by atoms with Crippen molar-refractivity contribution in [2.45, 2.75) is 31.4 Å². The topological polar surface area (TPSA) is 63.3 Å². The average molecular weight is 254 g/mol. The van der Waals surface area contributed by atoms with E-state index in [0.717, 1.165) is 0 Å². The molecule has 1 aromatic rings. The number of hydrogen-bond donors (Lipinski definition) is 2. The summed E-state index contributed by atoms with van der Waals surface area (Å²) in [5.74, 6) is -0.132. The van der Waals surface area contributed by atoms with Gasteiger partial charge in [0, 0.05) is 5.02 Å². The van der Waals surface area contributed by atoms with Gasteiger partial charge in [-0.25, -0.2) is 0 Å². The third kappa shape index (κ3) is 2.10. The first-order chi connectivity index (χ1) is 7.95. The summed E-state index contributed by atoms with van der Waals surface area (Å²) in [5.41, 5.74) is 5.66. The molecule has 3 nitrogen and oxygen atoms in total. The Morgan fingerprint density at radius 1 is 1.47 bits per heavy atom. The van der Waals surface area contributed by atoms with Gasteiger partial charge in [-0.1, -0.05) is 36.7 Å². The number of aliphatic hydroxyl groups is 1.